The van der Waals surface area contributed by atoms with E-state index in [4.69, 9.17) is 9.47 Å². The summed E-state index contributed by atoms with van der Waals surface area (Å²) in [7, 11) is 0. The number of aromatic nitrogens is 2. The van der Waals surface area contributed by atoms with Crippen molar-refractivity contribution in [3.63, 3.8) is 0 Å². The Labute approximate surface area is 165 Å². The lowest BCUT2D eigenvalue weighted by molar-refractivity contribution is -0.118. The quantitative estimate of drug-likeness (QED) is 0.521. The predicted molar refractivity (Wildman–Crippen MR) is 107 cm³/mol. The molecule has 0 bridgehead atoms. The van der Waals surface area contributed by atoms with Gasteiger partial charge >= 0.3 is 0 Å². The minimum Gasteiger partial charge on any atom is -0.486 e. The Kier molecular flexibility index (Phi) is 5.18. The van der Waals surface area contributed by atoms with Crippen molar-refractivity contribution in [2.75, 3.05) is 19.0 Å². The predicted octanol–water partition coefficient (Wildman–Crippen LogP) is 3.49. The summed E-state index contributed by atoms with van der Waals surface area (Å²) in [5.74, 6) is 1.70. The second-order valence-electron chi connectivity index (χ2n) is 6.15. The van der Waals surface area contributed by atoms with E-state index in [0.717, 1.165) is 32.3 Å². The fourth-order valence-electron chi connectivity index (χ4n) is 2.91. The van der Waals surface area contributed by atoms with Crippen LogP contribution in [0.2, 0.25) is 0 Å². The van der Waals surface area contributed by atoms with Crippen LogP contribution in [0.15, 0.2) is 29.6 Å². The second-order valence-corrected chi connectivity index (χ2v) is 8.32. The van der Waals surface area contributed by atoms with Gasteiger partial charge in [-0.3, -0.25) is 4.79 Å². The molecule has 1 aliphatic heterocycles. The van der Waals surface area contributed by atoms with Crippen molar-refractivity contribution < 1.29 is 14.3 Å². The molecule has 0 spiro atoms. The smallest absolute Gasteiger partial charge is 0.230 e. The van der Waals surface area contributed by atoms with E-state index in [2.05, 4.69) is 29.1 Å². The van der Waals surface area contributed by atoms with E-state index in [1.54, 1.807) is 17.7 Å². The molecule has 1 N–H and O–H groups in total. The molecule has 0 fully saturated rings. The number of hydrogen-bond acceptors (Lipinski definition) is 7. The zero-order chi connectivity index (χ0) is 18.8. The summed E-state index contributed by atoms with van der Waals surface area (Å²) in [6, 6.07) is 5.72. The lowest BCUT2D eigenvalue weighted by atomic mass is 10.1. The van der Waals surface area contributed by atoms with Crippen molar-refractivity contribution in [2.45, 2.75) is 25.4 Å². The van der Waals surface area contributed by atoms with E-state index < -0.39 is 0 Å². The van der Waals surface area contributed by atoms with E-state index in [1.807, 2.05) is 18.2 Å². The third-order valence-electron chi connectivity index (χ3n) is 4.39. The molecule has 0 saturated heterocycles. The molecule has 3 aromatic rings. The first-order valence-corrected chi connectivity index (χ1v) is 10.4. The van der Waals surface area contributed by atoms with E-state index in [0.29, 0.717) is 25.5 Å². The van der Waals surface area contributed by atoms with Crippen LogP contribution in [0.1, 0.15) is 16.0 Å². The molecule has 0 atom stereocenters. The Balaban J connectivity index is 1.40. The largest absolute Gasteiger partial charge is 0.486 e. The zero-order valence-electron chi connectivity index (χ0n) is 15.1. The highest BCUT2D eigenvalue weighted by Crippen LogP contribution is 2.35. The molecule has 27 heavy (non-hydrogen) atoms. The highest BCUT2D eigenvalue weighted by atomic mass is 32.2. The van der Waals surface area contributed by atoms with Crippen LogP contribution in [0.3, 0.4) is 0 Å². The summed E-state index contributed by atoms with van der Waals surface area (Å²) in [6.07, 6.45) is 1.56. The highest BCUT2D eigenvalue weighted by molar-refractivity contribution is 8.00. The number of carbonyl (C=O) groups excluding carboxylic acids is 1. The number of ether oxygens (including phenoxy) is 2. The maximum Gasteiger partial charge on any atom is 0.230 e. The zero-order valence-corrected chi connectivity index (χ0v) is 16.7. The van der Waals surface area contributed by atoms with Gasteiger partial charge in [-0.05, 0) is 25.5 Å². The number of fused-ring (bicyclic) bond motifs is 2. The molecule has 2 aromatic heterocycles. The number of hydrogen-bond donors (Lipinski definition) is 1. The van der Waals surface area contributed by atoms with E-state index in [-0.39, 0.29) is 5.91 Å². The minimum atomic E-state index is -0.0503. The maximum absolute atomic E-state index is 12.3. The molecule has 1 amide bonds. The van der Waals surface area contributed by atoms with Gasteiger partial charge in [-0.1, -0.05) is 23.9 Å². The first kappa shape index (κ1) is 18.1. The van der Waals surface area contributed by atoms with Gasteiger partial charge < -0.3 is 14.8 Å². The summed E-state index contributed by atoms with van der Waals surface area (Å²) in [4.78, 5) is 23.2. The van der Waals surface area contributed by atoms with Crippen molar-refractivity contribution in [3.8, 4) is 11.5 Å². The number of carbonyl (C=O) groups is 1. The molecule has 0 aliphatic carbocycles. The van der Waals surface area contributed by atoms with Gasteiger partial charge in [0.25, 0.3) is 0 Å². The number of thiophene rings is 1. The Morgan fingerprint density at radius 2 is 2.11 bits per heavy atom. The molecule has 0 saturated carbocycles. The van der Waals surface area contributed by atoms with Gasteiger partial charge in [0.2, 0.25) is 5.91 Å². The molecule has 6 nitrogen and oxygen atoms in total. The lowest BCUT2D eigenvalue weighted by Gasteiger charge is -2.21. The number of benzene rings is 1. The Bertz CT molecular complexity index is 1000. The molecular formula is C19H19N3O3S2. The molecular weight excluding hydrogens is 382 g/mol. The highest BCUT2D eigenvalue weighted by Gasteiger charge is 2.17. The first-order valence-electron chi connectivity index (χ1n) is 8.61. The molecule has 3 heterocycles. The monoisotopic (exact) mass is 401 g/mol. The number of rotatable bonds is 5. The second kappa shape index (κ2) is 7.74. The maximum atomic E-state index is 12.3. The van der Waals surface area contributed by atoms with Crippen LogP contribution in [0, 0.1) is 13.8 Å². The number of thioether (sulfide) groups is 1. The average molecular weight is 402 g/mol. The standard InChI is InChI=1S/C19H19N3O3S2/c1-11-12(2)27-19-16(11)18(21-10-22-19)26-9-15(23)20-8-13-4-3-5-14-17(13)25-7-6-24-14/h3-5,10H,6-9H2,1-2H3,(H,20,23). The molecule has 8 heteroatoms. The van der Waals surface area contributed by atoms with Gasteiger partial charge in [-0.15, -0.1) is 11.3 Å². The van der Waals surface area contributed by atoms with E-state index in [1.165, 1.54) is 22.2 Å². The molecule has 140 valence electrons. The van der Waals surface area contributed by atoms with Gasteiger partial charge in [0.15, 0.2) is 11.5 Å². The van der Waals surface area contributed by atoms with Crippen molar-refractivity contribution in [2.24, 2.45) is 0 Å². The van der Waals surface area contributed by atoms with Gasteiger partial charge in [0.05, 0.1) is 5.75 Å². The van der Waals surface area contributed by atoms with Crippen LogP contribution in [0.5, 0.6) is 11.5 Å². The molecule has 1 aromatic carbocycles. The summed E-state index contributed by atoms with van der Waals surface area (Å²) >= 11 is 3.09. The van der Waals surface area contributed by atoms with E-state index >= 15 is 0 Å². The van der Waals surface area contributed by atoms with Crippen molar-refractivity contribution in [1.82, 2.24) is 15.3 Å². The topological polar surface area (TPSA) is 73.3 Å². The molecule has 1 aliphatic rings. The minimum absolute atomic E-state index is 0.0503. The van der Waals surface area contributed by atoms with Gasteiger partial charge in [-0.2, -0.15) is 0 Å². The fourth-order valence-corrected chi connectivity index (χ4v) is 4.86. The average Bonchev–Trinajstić information content (AvgIpc) is 2.99. The van der Waals surface area contributed by atoms with Gasteiger partial charge in [0, 0.05) is 22.4 Å². The van der Waals surface area contributed by atoms with Gasteiger partial charge in [-0.25, -0.2) is 9.97 Å². The summed E-state index contributed by atoms with van der Waals surface area (Å²) < 4.78 is 11.3. The van der Waals surface area contributed by atoms with Crippen molar-refractivity contribution in [3.05, 3.63) is 40.5 Å². The van der Waals surface area contributed by atoms with Crippen LogP contribution < -0.4 is 14.8 Å². The van der Waals surface area contributed by atoms with Gasteiger partial charge in [0.1, 0.15) is 29.4 Å². The fraction of sp³-hybridized carbons (Fsp3) is 0.316. The summed E-state index contributed by atoms with van der Waals surface area (Å²) in [5, 5.41) is 4.86. The number of amides is 1. The van der Waals surface area contributed by atoms with Crippen LogP contribution in [0.25, 0.3) is 10.2 Å². The number of para-hydroxylation sites is 1. The van der Waals surface area contributed by atoms with E-state index in [9.17, 15) is 4.79 Å². The Morgan fingerprint density at radius 1 is 1.26 bits per heavy atom. The molecule has 0 unspecified atom stereocenters. The number of nitrogens with one attached hydrogen (secondary N) is 1. The van der Waals surface area contributed by atoms with Crippen molar-refractivity contribution in [1.29, 1.82) is 0 Å². The van der Waals surface area contributed by atoms with Crippen LogP contribution in [0.4, 0.5) is 0 Å². The first-order chi connectivity index (χ1) is 13.1. The SMILES string of the molecule is Cc1sc2ncnc(SCC(=O)NCc3cccc4c3OCCO4)c2c1C. The normalized spacial score (nSPS) is 13.0. The van der Waals surface area contributed by atoms with Crippen molar-refractivity contribution >= 4 is 39.2 Å². The van der Waals surface area contributed by atoms with Crippen LogP contribution in [-0.4, -0.2) is 34.8 Å². The molecule has 4 rings (SSSR count). The van der Waals surface area contributed by atoms with Crippen LogP contribution in [-0.2, 0) is 11.3 Å². The Morgan fingerprint density at radius 3 is 3.00 bits per heavy atom. The number of nitrogens with zero attached hydrogens (tertiary/aromatic N) is 2. The molecule has 0 radical (unpaired) electrons. The van der Waals surface area contributed by atoms with Crippen LogP contribution >= 0.6 is 23.1 Å². The number of aryl methyl sites for hydroxylation is 2. The third kappa shape index (κ3) is 3.72. The summed E-state index contributed by atoms with van der Waals surface area (Å²) in [5.41, 5.74) is 2.10. The third-order valence-corrected chi connectivity index (χ3v) is 6.50. The Hall–Kier alpha value is -2.32. The summed E-state index contributed by atoms with van der Waals surface area (Å²) in [6.45, 7) is 5.63. The lowest BCUT2D eigenvalue weighted by Crippen LogP contribution is -2.25.